The van der Waals surface area contributed by atoms with Crippen LogP contribution in [0.25, 0.3) is 0 Å². The zero-order valence-electron chi connectivity index (χ0n) is 13.9. The van der Waals surface area contributed by atoms with Gasteiger partial charge in [-0.25, -0.2) is 0 Å². The minimum atomic E-state index is -0.127. The van der Waals surface area contributed by atoms with Crippen LogP contribution in [0.5, 0.6) is 11.5 Å². The highest BCUT2D eigenvalue weighted by Crippen LogP contribution is 2.33. The summed E-state index contributed by atoms with van der Waals surface area (Å²) in [5.74, 6) is 1.57. The monoisotopic (exact) mass is 357 g/mol. The van der Waals surface area contributed by atoms with E-state index >= 15 is 0 Å². The van der Waals surface area contributed by atoms with Gasteiger partial charge in [-0.2, -0.15) is 0 Å². The third-order valence-electron chi connectivity index (χ3n) is 3.64. The van der Waals surface area contributed by atoms with Crippen LogP contribution < -0.4 is 14.8 Å². The van der Waals surface area contributed by atoms with Crippen LogP contribution >= 0.6 is 11.8 Å². The van der Waals surface area contributed by atoms with Crippen LogP contribution in [0.3, 0.4) is 0 Å². The van der Waals surface area contributed by atoms with E-state index in [0.29, 0.717) is 24.5 Å². The molecule has 6 heteroatoms. The number of ketones is 1. The number of carbonyl (C=O) groups excluding carboxylic acids is 2. The number of thioether (sulfide) groups is 1. The van der Waals surface area contributed by atoms with Gasteiger partial charge < -0.3 is 14.8 Å². The van der Waals surface area contributed by atoms with E-state index in [2.05, 4.69) is 5.32 Å². The topological polar surface area (TPSA) is 64.6 Å². The molecule has 0 spiro atoms. The Morgan fingerprint density at radius 3 is 2.68 bits per heavy atom. The van der Waals surface area contributed by atoms with Gasteiger partial charge in [-0.3, -0.25) is 9.59 Å². The van der Waals surface area contributed by atoms with Crippen molar-refractivity contribution in [2.24, 2.45) is 0 Å². The van der Waals surface area contributed by atoms with Crippen LogP contribution in [0.2, 0.25) is 0 Å². The highest BCUT2D eigenvalue weighted by molar-refractivity contribution is 8.00. The number of nitrogens with one attached hydrogen (secondary N) is 1. The number of amides is 1. The zero-order chi connectivity index (χ0) is 17.6. The van der Waals surface area contributed by atoms with Gasteiger partial charge in [-0.1, -0.05) is 12.1 Å². The first-order chi connectivity index (χ1) is 12.1. The summed E-state index contributed by atoms with van der Waals surface area (Å²) in [6.07, 6.45) is 0.860. The van der Waals surface area contributed by atoms with Crippen molar-refractivity contribution in [3.63, 3.8) is 0 Å². The molecular weight excluding hydrogens is 338 g/mol. The Labute approximate surface area is 150 Å². The molecule has 0 saturated carbocycles. The van der Waals surface area contributed by atoms with Crippen molar-refractivity contribution >= 4 is 29.1 Å². The Morgan fingerprint density at radius 2 is 1.88 bits per heavy atom. The van der Waals surface area contributed by atoms with Gasteiger partial charge >= 0.3 is 0 Å². The van der Waals surface area contributed by atoms with Crippen molar-refractivity contribution in [3.05, 3.63) is 48.0 Å². The maximum Gasteiger partial charge on any atom is 0.234 e. The van der Waals surface area contributed by atoms with Gasteiger partial charge in [-0.05, 0) is 37.3 Å². The molecule has 0 radical (unpaired) electrons. The van der Waals surface area contributed by atoms with Gasteiger partial charge in [0.2, 0.25) is 5.91 Å². The maximum absolute atomic E-state index is 12.1. The lowest BCUT2D eigenvalue weighted by Crippen LogP contribution is -2.14. The van der Waals surface area contributed by atoms with Crippen molar-refractivity contribution < 1.29 is 19.1 Å². The molecule has 2 aromatic rings. The minimum absolute atomic E-state index is 0.0299. The molecule has 130 valence electrons. The van der Waals surface area contributed by atoms with Crippen molar-refractivity contribution in [1.82, 2.24) is 0 Å². The molecule has 2 aromatic carbocycles. The fourth-order valence-corrected chi connectivity index (χ4v) is 3.12. The summed E-state index contributed by atoms with van der Waals surface area (Å²) in [4.78, 5) is 24.5. The van der Waals surface area contributed by atoms with Crippen LogP contribution in [0.15, 0.2) is 47.4 Å². The van der Waals surface area contributed by atoms with Crippen molar-refractivity contribution in [2.75, 3.05) is 24.3 Å². The van der Waals surface area contributed by atoms with Gasteiger partial charge in [-0.15, -0.1) is 11.8 Å². The smallest absolute Gasteiger partial charge is 0.234 e. The van der Waals surface area contributed by atoms with Crippen molar-refractivity contribution in [1.29, 1.82) is 0 Å². The number of benzene rings is 2. The fraction of sp³-hybridized carbons (Fsp3) is 0.263. The van der Waals surface area contributed by atoms with E-state index in [1.807, 2.05) is 18.2 Å². The molecule has 0 atom stereocenters. The lowest BCUT2D eigenvalue weighted by molar-refractivity contribution is -0.113. The molecule has 1 aliphatic rings. The Kier molecular flexibility index (Phi) is 5.60. The summed E-state index contributed by atoms with van der Waals surface area (Å²) in [5, 5.41) is 2.81. The average Bonchev–Trinajstić information content (AvgIpc) is 2.85. The Morgan fingerprint density at radius 1 is 1.08 bits per heavy atom. The SMILES string of the molecule is CC(=O)c1cccc(NC(=O)CSc2ccc3c(c2)OCCCO3)c1. The van der Waals surface area contributed by atoms with Crippen molar-refractivity contribution in [3.8, 4) is 11.5 Å². The standard InChI is InChI=1S/C19H19NO4S/c1-13(21)14-4-2-5-15(10-14)20-19(22)12-25-16-6-7-17-18(11-16)24-9-3-8-23-17/h2,4-7,10-11H,3,8-9,12H2,1H3,(H,20,22). The highest BCUT2D eigenvalue weighted by atomic mass is 32.2. The molecule has 0 saturated heterocycles. The van der Waals surface area contributed by atoms with Crippen LogP contribution in [-0.2, 0) is 4.79 Å². The highest BCUT2D eigenvalue weighted by Gasteiger charge is 2.12. The van der Waals surface area contributed by atoms with E-state index in [9.17, 15) is 9.59 Å². The fourth-order valence-electron chi connectivity index (χ4n) is 2.40. The Hall–Kier alpha value is -2.47. The third kappa shape index (κ3) is 4.76. The normalized spacial score (nSPS) is 13.0. The molecule has 1 N–H and O–H groups in total. The number of hydrogen-bond acceptors (Lipinski definition) is 5. The lowest BCUT2D eigenvalue weighted by Gasteiger charge is -2.09. The van der Waals surface area contributed by atoms with Gasteiger partial charge in [0, 0.05) is 22.6 Å². The molecule has 5 nitrogen and oxygen atoms in total. The number of Topliss-reactive ketones (excluding diaryl/α,β-unsaturated/α-hetero) is 1. The molecule has 1 amide bonds. The predicted octanol–water partition coefficient (Wildman–Crippen LogP) is 3.78. The number of carbonyl (C=O) groups is 2. The summed E-state index contributed by atoms with van der Waals surface area (Å²) in [6.45, 7) is 2.79. The first-order valence-corrected chi connectivity index (χ1v) is 9.04. The molecule has 0 fully saturated rings. The number of fused-ring (bicyclic) bond motifs is 1. The molecule has 1 aliphatic heterocycles. The largest absolute Gasteiger partial charge is 0.490 e. The minimum Gasteiger partial charge on any atom is -0.490 e. The lowest BCUT2D eigenvalue weighted by atomic mass is 10.1. The first kappa shape index (κ1) is 17.4. The van der Waals surface area contributed by atoms with Gasteiger partial charge in [0.05, 0.1) is 19.0 Å². The van der Waals surface area contributed by atoms with Gasteiger partial charge in [0.1, 0.15) is 0 Å². The summed E-state index contributed by atoms with van der Waals surface area (Å²) in [7, 11) is 0. The molecule has 0 unspecified atom stereocenters. The number of anilines is 1. The van der Waals surface area contributed by atoms with E-state index in [-0.39, 0.29) is 17.4 Å². The van der Waals surface area contributed by atoms with Crippen LogP contribution in [0, 0.1) is 0 Å². The summed E-state index contributed by atoms with van der Waals surface area (Å²) < 4.78 is 11.3. The Balaban J connectivity index is 1.58. The average molecular weight is 357 g/mol. The Bertz CT molecular complexity index is 791. The van der Waals surface area contributed by atoms with E-state index in [0.717, 1.165) is 22.8 Å². The quantitative estimate of drug-likeness (QED) is 0.652. The molecular formula is C19H19NO4S. The number of rotatable bonds is 5. The van der Waals surface area contributed by atoms with Crippen LogP contribution in [0.1, 0.15) is 23.7 Å². The van der Waals surface area contributed by atoms with Crippen LogP contribution in [-0.4, -0.2) is 30.7 Å². The van der Waals surface area contributed by atoms with E-state index in [4.69, 9.17) is 9.47 Å². The van der Waals surface area contributed by atoms with Gasteiger partial charge in [0.25, 0.3) is 0 Å². The van der Waals surface area contributed by atoms with E-state index < -0.39 is 0 Å². The third-order valence-corrected chi connectivity index (χ3v) is 4.64. The molecule has 3 rings (SSSR count). The maximum atomic E-state index is 12.1. The summed E-state index contributed by atoms with van der Waals surface area (Å²) >= 11 is 1.42. The zero-order valence-corrected chi connectivity index (χ0v) is 14.7. The second kappa shape index (κ2) is 8.07. The van der Waals surface area contributed by atoms with E-state index in [1.54, 1.807) is 24.3 Å². The van der Waals surface area contributed by atoms with Gasteiger partial charge in [0.15, 0.2) is 17.3 Å². The second-order valence-corrected chi connectivity index (χ2v) is 6.68. The van der Waals surface area contributed by atoms with Crippen molar-refractivity contribution in [2.45, 2.75) is 18.2 Å². The first-order valence-electron chi connectivity index (χ1n) is 8.05. The molecule has 25 heavy (non-hydrogen) atoms. The summed E-state index contributed by atoms with van der Waals surface area (Å²) in [6, 6.07) is 12.6. The predicted molar refractivity (Wildman–Crippen MR) is 97.8 cm³/mol. The second-order valence-electron chi connectivity index (χ2n) is 5.63. The molecule has 0 aromatic heterocycles. The number of hydrogen-bond donors (Lipinski definition) is 1. The van der Waals surface area contributed by atoms with E-state index in [1.165, 1.54) is 18.7 Å². The molecule has 0 bridgehead atoms. The molecule has 0 aliphatic carbocycles. The molecule has 1 heterocycles. The summed E-state index contributed by atoms with van der Waals surface area (Å²) in [5.41, 5.74) is 1.20. The number of ether oxygens (including phenoxy) is 2. The van der Waals surface area contributed by atoms with Crippen LogP contribution in [0.4, 0.5) is 5.69 Å².